The van der Waals surface area contributed by atoms with E-state index in [2.05, 4.69) is 65.1 Å². The van der Waals surface area contributed by atoms with Gasteiger partial charge in [-0.2, -0.15) is 5.10 Å². The third-order valence-electron chi connectivity index (χ3n) is 3.55. The van der Waals surface area contributed by atoms with Crippen molar-refractivity contribution in [2.75, 3.05) is 0 Å². The zero-order valence-electron chi connectivity index (χ0n) is 12.6. The smallest absolute Gasteiger partial charge is 0.208 e. The molecule has 0 atom stereocenters. The molecule has 2 N–H and O–H groups in total. The Labute approximate surface area is 134 Å². The summed E-state index contributed by atoms with van der Waals surface area (Å²) in [5.41, 5.74) is 3.59. The fourth-order valence-corrected chi connectivity index (χ4v) is 3.71. The maximum Gasteiger partial charge on any atom is 0.208 e. The Hall–Kier alpha value is -2.33. The first-order valence-electron chi connectivity index (χ1n) is 7.43. The molecular formula is C18H19N3S. The van der Waals surface area contributed by atoms with Crippen LogP contribution in [0.25, 0.3) is 21.7 Å². The molecule has 0 aliphatic carbocycles. The molecule has 0 saturated carbocycles. The summed E-state index contributed by atoms with van der Waals surface area (Å²) in [7, 11) is 0. The van der Waals surface area contributed by atoms with E-state index in [1.165, 1.54) is 21.7 Å². The van der Waals surface area contributed by atoms with E-state index < -0.39 is 0 Å². The summed E-state index contributed by atoms with van der Waals surface area (Å²) in [5, 5.41) is 4.00. The van der Waals surface area contributed by atoms with Crippen LogP contribution in [0, 0.1) is 0 Å². The predicted octanol–water partition coefficient (Wildman–Crippen LogP) is 4.07. The van der Waals surface area contributed by atoms with Crippen LogP contribution in [0.4, 0.5) is 0 Å². The van der Waals surface area contributed by atoms with Gasteiger partial charge in [0.15, 0.2) is 0 Å². The monoisotopic (exact) mass is 309 g/mol. The number of thiazole rings is 1. The highest BCUT2D eigenvalue weighted by atomic mass is 32.1. The Balaban J connectivity index is 2.31. The second-order valence-corrected chi connectivity index (χ2v) is 6.05. The Morgan fingerprint density at radius 2 is 1.55 bits per heavy atom. The molecule has 0 aliphatic heterocycles. The molecule has 0 fully saturated rings. The summed E-state index contributed by atoms with van der Waals surface area (Å²) in [5.74, 6) is 5.63. The number of hydrogen-bond donors (Lipinski definition) is 1. The quantitative estimate of drug-likeness (QED) is 0.573. The molecule has 2 aromatic carbocycles. The first kappa shape index (κ1) is 14.6. The van der Waals surface area contributed by atoms with Crippen molar-refractivity contribution >= 4 is 11.3 Å². The fourth-order valence-electron chi connectivity index (χ4n) is 2.61. The standard InChI is InChI=1S/C18H19N3S/c1-2-13-21-16(14-9-5-3-6-10-14)17(22-18(21)20-19)15-11-7-4-8-12-15/h3-12H,2,13,19H2,1H3/b20-18-. The second-order valence-electron chi connectivity index (χ2n) is 5.08. The number of nitrogens with zero attached hydrogens (tertiary/aromatic N) is 2. The lowest BCUT2D eigenvalue weighted by Crippen LogP contribution is -2.17. The highest BCUT2D eigenvalue weighted by Gasteiger charge is 2.16. The van der Waals surface area contributed by atoms with Crippen LogP contribution in [0.15, 0.2) is 65.8 Å². The van der Waals surface area contributed by atoms with Crippen LogP contribution in [-0.2, 0) is 6.54 Å². The van der Waals surface area contributed by atoms with Gasteiger partial charge in [-0.05, 0) is 17.5 Å². The van der Waals surface area contributed by atoms with Gasteiger partial charge in [0.2, 0.25) is 4.80 Å². The van der Waals surface area contributed by atoms with Gasteiger partial charge in [0.25, 0.3) is 0 Å². The zero-order chi connectivity index (χ0) is 15.4. The summed E-state index contributed by atoms with van der Waals surface area (Å²) in [6, 6.07) is 20.9. The van der Waals surface area contributed by atoms with E-state index in [1.807, 2.05) is 12.1 Å². The average molecular weight is 309 g/mol. The first-order valence-corrected chi connectivity index (χ1v) is 8.25. The number of aromatic nitrogens is 1. The van der Waals surface area contributed by atoms with Gasteiger partial charge < -0.3 is 10.4 Å². The average Bonchev–Trinajstić information content (AvgIpc) is 2.95. The third-order valence-corrected chi connectivity index (χ3v) is 4.69. The number of benzene rings is 2. The van der Waals surface area contributed by atoms with Crippen LogP contribution in [0.1, 0.15) is 13.3 Å². The first-order chi connectivity index (χ1) is 10.8. The van der Waals surface area contributed by atoms with Gasteiger partial charge in [-0.25, -0.2) is 0 Å². The molecule has 0 aliphatic rings. The lowest BCUT2D eigenvalue weighted by molar-refractivity contribution is 0.663. The van der Waals surface area contributed by atoms with Crippen LogP contribution in [0.5, 0.6) is 0 Å². The molecule has 0 bridgehead atoms. The third kappa shape index (κ3) is 2.70. The molecule has 1 heterocycles. The molecule has 1 aromatic heterocycles. The molecule has 112 valence electrons. The van der Waals surface area contributed by atoms with E-state index in [1.54, 1.807) is 11.3 Å². The highest BCUT2D eigenvalue weighted by molar-refractivity contribution is 7.13. The molecule has 3 nitrogen and oxygen atoms in total. The van der Waals surface area contributed by atoms with Crippen molar-refractivity contribution in [1.82, 2.24) is 4.57 Å². The minimum Gasteiger partial charge on any atom is -0.320 e. The fraction of sp³-hybridized carbons (Fsp3) is 0.167. The summed E-state index contributed by atoms with van der Waals surface area (Å²) in [6.07, 6.45) is 1.04. The van der Waals surface area contributed by atoms with Gasteiger partial charge in [-0.15, -0.1) is 0 Å². The van der Waals surface area contributed by atoms with Crippen molar-refractivity contribution in [3.8, 4) is 21.7 Å². The Bertz CT molecular complexity index is 801. The van der Waals surface area contributed by atoms with Gasteiger partial charge in [-0.1, -0.05) is 78.9 Å². The van der Waals surface area contributed by atoms with E-state index in [0.717, 1.165) is 17.8 Å². The molecule has 0 amide bonds. The molecule has 4 heteroatoms. The van der Waals surface area contributed by atoms with Crippen LogP contribution in [-0.4, -0.2) is 4.57 Å². The number of rotatable bonds is 4. The molecule has 3 aromatic rings. The normalized spacial score (nSPS) is 11.8. The summed E-state index contributed by atoms with van der Waals surface area (Å²) in [6.45, 7) is 3.07. The lowest BCUT2D eigenvalue weighted by atomic mass is 10.1. The van der Waals surface area contributed by atoms with Crippen LogP contribution >= 0.6 is 11.3 Å². The van der Waals surface area contributed by atoms with Gasteiger partial charge in [0.1, 0.15) is 0 Å². The minimum atomic E-state index is 0.861. The SMILES string of the molecule is CCCn1c(-c2ccccc2)c(-c2ccccc2)s/c1=N\N. The number of nitrogens with two attached hydrogens (primary N) is 1. The van der Waals surface area contributed by atoms with Gasteiger partial charge in [0, 0.05) is 6.54 Å². The zero-order valence-corrected chi connectivity index (χ0v) is 13.4. The van der Waals surface area contributed by atoms with Crippen molar-refractivity contribution in [2.45, 2.75) is 19.9 Å². The molecule has 0 saturated heterocycles. The Kier molecular flexibility index (Phi) is 4.39. The van der Waals surface area contributed by atoms with Gasteiger partial charge >= 0.3 is 0 Å². The van der Waals surface area contributed by atoms with Gasteiger partial charge in [-0.3, -0.25) is 0 Å². The summed E-state index contributed by atoms with van der Waals surface area (Å²) >= 11 is 1.65. The summed E-state index contributed by atoms with van der Waals surface area (Å²) in [4.78, 5) is 2.07. The van der Waals surface area contributed by atoms with E-state index in [4.69, 9.17) is 5.84 Å². The molecule has 0 radical (unpaired) electrons. The maximum absolute atomic E-state index is 5.63. The van der Waals surface area contributed by atoms with E-state index in [0.29, 0.717) is 0 Å². The van der Waals surface area contributed by atoms with Crippen molar-refractivity contribution in [2.24, 2.45) is 10.9 Å². The molecule has 0 unspecified atom stereocenters. The topological polar surface area (TPSA) is 43.3 Å². The van der Waals surface area contributed by atoms with Crippen LogP contribution in [0.2, 0.25) is 0 Å². The largest absolute Gasteiger partial charge is 0.320 e. The van der Waals surface area contributed by atoms with E-state index >= 15 is 0 Å². The van der Waals surface area contributed by atoms with E-state index in [9.17, 15) is 0 Å². The van der Waals surface area contributed by atoms with Gasteiger partial charge in [0.05, 0.1) is 10.6 Å². The van der Waals surface area contributed by atoms with Crippen molar-refractivity contribution in [3.63, 3.8) is 0 Å². The molecular weight excluding hydrogens is 290 g/mol. The minimum absolute atomic E-state index is 0.861. The lowest BCUT2D eigenvalue weighted by Gasteiger charge is -2.10. The summed E-state index contributed by atoms with van der Waals surface area (Å²) < 4.78 is 2.22. The van der Waals surface area contributed by atoms with Crippen molar-refractivity contribution < 1.29 is 0 Å². The maximum atomic E-state index is 5.63. The number of hydrogen-bond acceptors (Lipinski definition) is 3. The van der Waals surface area contributed by atoms with Crippen LogP contribution in [0.3, 0.4) is 0 Å². The van der Waals surface area contributed by atoms with Crippen LogP contribution < -0.4 is 10.6 Å². The van der Waals surface area contributed by atoms with Crippen molar-refractivity contribution in [1.29, 1.82) is 0 Å². The van der Waals surface area contributed by atoms with Crippen molar-refractivity contribution in [3.05, 3.63) is 65.5 Å². The molecule has 3 rings (SSSR count). The second kappa shape index (κ2) is 6.62. The van der Waals surface area contributed by atoms with E-state index in [-0.39, 0.29) is 0 Å². The highest BCUT2D eigenvalue weighted by Crippen LogP contribution is 2.34. The predicted molar refractivity (Wildman–Crippen MR) is 93.2 cm³/mol. The Morgan fingerprint density at radius 3 is 2.09 bits per heavy atom. The molecule has 0 spiro atoms. The molecule has 22 heavy (non-hydrogen) atoms. The Morgan fingerprint density at radius 1 is 0.955 bits per heavy atom.